The zero-order valence-electron chi connectivity index (χ0n) is 17.6. The summed E-state index contributed by atoms with van der Waals surface area (Å²) in [7, 11) is -0.580. The van der Waals surface area contributed by atoms with Crippen molar-refractivity contribution in [2.24, 2.45) is 0 Å². The van der Waals surface area contributed by atoms with Crippen molar-refractivity contribution in [3.05, 3.63) is 53.1 Å². The zero-order chi connectivity index (χ0) is 21.8. The van der Waals surface area contributed by atoms with Gasteiger partial charge in [-0.15, -0.1) is 0 Å². The first kappa shape index (κ1) is 22.5. The van der Waals surface area contributed by atoms with Crippen molar-refractivity contribution in [2.45, 2.75) is 33.4 Å². The van der Waals surface area contributed by atoms with E-state index < -0.39 is 22.0 Å². The van der Waals surface area contributed by atoms with Gasteiger partial charge in [0.05, 0.1) is 26.2 Å². The predicted molar refractivity (Wildman–Crippen MR) is 114 cm³/mol. The molecule has 1 N–H and O–H groups in total. The van der Waals surface area contributed by atoms with Crippen molar-refractivity contribution >= 4 is 21.6 Å². The Morgan fingerprint density at radius 2 is 1.72 bits per heavy atom. The van der Waals surface area contributed by atoms with Crippen LogP contribution in [0.4, 0.5) is 5.69 Å². The monoisotopic (exact) mass is 420 g/mol. The molecule has 1 atom stereocenters. The van der Waals surface area contributed by atoms with Gasteiger partial charge < -0.3 is 14.8 Å². The van der Waals surface area contributed by atoms with Gasteiger partial charge in [0.25, 0.3) is 0 Å². The minimum absolute atomic E-state index is 0.230. The van der Waals surface area contributed by atoms with Crippen LogP contribution in [0.3, 0.4) is 0 Å². The fourth-order valence-electron chi connectivity index (χ4n) is 3.07. The first-order valence-electron chi connectivity index (χ1n) is 9.13. The van der Waals surface area contributed by atoms with E-state index in [0.29, 0.717) is 17.2 Å². The van der Waals surface area contributed by atoms with Gasteiger partial charge in [0, 0.05) is 6.54 Å². The van der Waals surface area contributed by atoms with Crippen LogP contribution in [0, 0.1) is 13.8 Å². The smallest absolute Gasteiger partial charge is 0.243 e. The largest absolute Gasteiger partial charge is 0.493 e. The third-order valence-corrected chi connectivity index (χ3v) is 5.83. The Morgan fingerprint density at radius 3 is 2.31 bits per heavy atom. The van der Waals surface area contributed by atoms with Crippen LogP contribution < -0.4 is 19.1 Å². The molecule has 0 aliphatic carbocycles. The van der Waals surface area contributed by atoms with Crippen molar-refractivity contribution < 1.29 is 22.7 Å². The average Bonchev–Trinajstić information content (AvgIpc) is 2.67. The number of anilines is 1. The summed E-state index contributed by atoms with van der Waals surface area (Å²) >= 11 is 0. The maximum atomic E-state index is 12.8. The molecular formula is C21H28N2O5S. The van der Waals surface area contributed by atoms with Crippen LogP contribution in [0.1, 0.15) is 23.6 Å². The number of aryl methyl sites for hydroxylation is 2. The summed E-state index contributed by atoms with van der Waals surface area (Å²) in [6, 6.07) is 9.94. The van der Waals surface area contributed by atoms with E-state index in [9.17, 15) is 13.2 Å². The second-order valence-electron chi connectivity index (χ2n) is 6.93. The molecule has 0 unspecified atom stereocenters. The second-order valence-corrected chi connectivity index (χ2v) is 8.79. The molecule has 0 saturated carbocycles. The van der Waals surface area contributed by atoms with Gasteiger partial charge in [-0.2, -0.15) is 0 Å². The lowest BCUT2D eigenvalue weighted by Crippen LogP contribution is -2.48. The molecule has 0 aromatic heterocycles. The number of ether oxygens (including phenoxy) is 2. The van der Waals surface area contributed by atoms with Gasteiger partial charge in [-0.1, -0.05) is 18.2 Å². The van der Waals surface area contributed by atoms with Gasteiger partial charge in [0.2, 0.25) is 15.9 Å². The number of nitrogens with zero attached hydrogens (tertiary/aromatic N) is 1. The van der Waals surface area contributed by atoms with Crippen molar-refractivity contribution in [3.8, 4) is 11.5 Å². The summed E-state index contributed by atoms with van der Waals surface area (Å²) in [5.74, 6) is 0.751. The van der Waals surface area contributed by atoms with E-state index >= 15 is 0 Å². The Hall–Kier alpha value is -2.74. The Bertz CT molecular complexity index is 989. The summed E-state index contributed by atoms with van der Waals surface area (Å²) in [6.45, 7) is 5.51. The number of amides is 1. The molecule has 29 heavy (non-hydrogen) atoms. The molecule has 0 spiro atoms. The molecule has 158 valence electrons. The van der Waals surface area contributed by atoms with E-state index in [1.165, 1.54) is 11.4 Å². The van der Waals surface area contributed by atoms with Gasteiger partial charge in [-0.25, -0.2) is 8.42 Å². The van der Waals surface area contributed by atoms with Gasteiger partial charge in [0.1, 0.15) is 6.04 Å². The zero-order valence-corrected chi connectivity index (χ0v) is 18.5. The highest BCUT2D eigenvalue weighted by atomic mass is 32.2. The van der Waals surface area contributed by atoms with Crippen molar-refractivity contribution in [1.82, 2.24) is 5.32 Å². The summed E-state index contributed by atoms with van der Waals surface area (Å²) < 4.78 is 36.6. The second kappa shape index (κ2) is 9.17. The van der Waals surface area contributed by atoms with Crippen molar-refractivity contribution in [3.63, 3.8) is 0 Å². The standard InChI is InChI=1S/C21H28N2O5S/c1-14-7-8-15(2)18(11-14)23(29(6,25)26)16(3)21(24)22-13-17-9-10-19(27-4)20(12-17)28-5/h7-12,16H,13H2,1-6H3,(H,22,24)/t16-/m0/s1. The first-order chi connectivity index (χ1) is 13.6. The number of carbonyl (C=O) groups is 1. The van der Waals surface area contributed by atoms with E-state index in [2.05, 4.69) is 5.32 Å². The van der Waals surface area contributed by atoms with Gasteiger partial charge in [-0.3, -0.25) is 9.10 Å². The molecular weight excluding hydrogens is 392 g/mol. The molecule has 8 heteroatoms. The third kappa shape index (κ3) is 5.41. The number of sulfonamides is 1. The number of hydrogen-bond acceptors (Lipinski definition) is 5. The highest BCUT2D eigenvalue weighted by Gasteiger charge is 2.30. The molecule has 2 aromatic carbocycles. The SMILES string of the molecule is COc1ccc(CNC(=O)[C@H](C)N(c2cc(C)ccc2C)S(C)(=O)=O)cc1OC. The highest BCUT2D eigenvalue weighted by Crippen LogP contribution is 2.28. The molecule has 1 amide bonds. The van der Waals surface area contributed by atoms with Gasteiger partial charge in [0.15, 0.2) is 11.5 Å². The Balaban J connectivity index is 2.23. The van der Waals surface area contributed by atoms with Crippen LogP contribution >= 0.6 is 0 Å². The van der Waals surface area contributed by atoms with Crippen LogP contribution in [-0.2, 0) is 21.4 Å². The van der Waals surface area contributed by atoms with E-state index in [-0.39, 0.29) is 6.54 Å². The number of methoxy groups -OCH3 is 2. The first-order valence-corrected chi connectivity index (χ1v) is 11.0. The molecule has 0 aliphatic rings. The van der Waals surface area contributed by atoms with Crippen LogP contribution in [0.25, 0.3) is 0 Å². The molecule has 0 radical (unpaired) electrons. The summed E-state index contributed by atoms with van der Waals surface area (Å²) in [6.07, 6.45) is 1.10. The maximum absolute atomic E-state index is 12.8. The van der Waals surface area contributed by atoms with E-state index in [1.54, 1.807) is 32.2 Å². The summed E-state index contributed by atoms with van der Waals surface area (Å²) in [5, 5.41) is 2.80. The van der Waals surface area contributed by atoms with Crippen molar-refractivity contribution in [1.29, 1.82) is 0 Å². The van der Waals surface area contributed by atoms with Crippen molar-refractivity contribution in [2.75, 3.05) is 24.8 Å². The normalized spacial score (nSPS) is 12.2. The Kier molecular flexibility index (Phi) is 7.13. The molecule has 7 nitrogen and oxygen atoms in total. The molecule has 2 rings (SSSR count). The van der Waals surface area contributed by atoms with Crippen LogP contribution in [-0.4, -0.2) is 40.8 Å². The fraction of sp³-hybridized carbons (Fsp3) is 0.381. The maximum Gasteiger partial charge on any atom is 0.243 e. The number of rotatable bonds is 8. The van der Waals surface area contributed by atoms with Crippen LogP contribution in [0.15, 0.2) is 36.4 Å². The molecule has 0 heterocycles. The summed E-state index contributed by atoms with van der Waals surface area (Å²) in [4.78, 5) is 12.8. The number of benzene rings is 2. The number of nitrogens with one attached hydrogen (secondary N) is 1. The molecule has 0 bridgehead atoms. The van der Waals surface area contributed by atoms with Crippen LogP contribution in [0.5, 0.6) is 11.5 Å². The third-order valence-electron chi connectivity index (χ3n) is 4.61. The predicted octanol–water partition coefficient (Wildman–Crippen LogP) is 2.79. The highest BCUT2D eigenvalue weighted by molar-refractivity contribution is 7.92. The minimum atomic E-state index is -3.67. The van der Waals surface area contributed by atoms with Gasteiger partial charge in [-0.05, 0) is 55.7 Å². The lowest BCUT2D eigenvalue weighted by atomic mass is 10.1. The molecule has 2 aromatic rings. The lowest BCUT2D eigenvalue weighted by molar-refractivity contribution is -0.122. The number of hydrogen-bond donors (Lipinski definition) is 1. The van der Waals surface area contributed by atoms with E-state index in [0.717, 1.165) is 22.9 Å². The molecule has 0 fully saturated rings. The Morgan fingerprint density at radius 1 is 1.07 bits per heavy atom. The van der Waals surface area contributed by atoms with Gasteiger partial charge >= 0.3 is 0 Å². The lowest BCUT2D eigenvalue weighted by Gasteiger charge is -2.29. The van der Waals surface area contributed by atoms with Crippen LogP contribution in [0.2, 0.25) is 0 Å². The van der Waals surface area contributed by atoms with E-state index in [1.807, 2.05) is 32.0 Å². The topological polar surface area (TPSA) is 84.9 Å². The van der Waals surface area contributed by atoms with E-state index in [4.69, 9.17) is 9.47 Å². The fourth-order valence-corrected chi connectivity index (χ4v) is 4.29. The average molecular weight is 421 g/mol. The number of carbonyl (C=O) groups excluding carboxylic acids is 1. The quantitative estimate of drug-likeness (QED) is 0.710. The summed E-state index contributed by atoms with van der Waals surface area (Å²) in [5.41, 5.74) is 3.00. The minimum Gasteiger partial charge on any atom is -0.493 e. The Labute approximate surface area is 172 Å². The molecule has 0 saturated heterocycles. The molecule has 0 aliphatic heterocycles.